The Kier molecular flexibility index (Phi) is 6.58. The Balaban J connectivity index is 1.25. The summed E-state index contributed by atoms with van der Waals surface area (Å²) in [6.07, 6.45) is 0.659. The number of nitrogens with one attached hydrogen (secondary N) is 1. The Morgan fingerprint density at radius 3 is 2.46 bits per heavy atom. The summed E-state index contributed by atoms with van der Waals surface area (Å²) >= 11 is 0. The normalized spacial score (nSPS) is 15.8. The van der Waals surface area contributed by atoms with Gasteiger partial charge in [-0.1, -0.05) is 42.5 Å². The van der Waals surface area contributed by atoms with Gasteiger partial charge in [-0.15, -0.1) is 0 Å². The van der Waals surface area contributed by atoms with E-state index in [9.17, 15) is 14.4 Å². The molecule has 2 aliphatic rings. The van der Waals surface area contributed by atoms with Gasteiger partial charge in [0.25, 0.3) is 5.91 Å². The quantitative estimate of drug-likeness (QED) is 0.591. The number of rotatable bonds is 6. The number of fused-ring (bicyclic) bond motifs is 1. The number of hydrogen-bond donors (Lipinski definition) is 1. The van der Waals surface area contributed by atoms with Crippen LogP contribution in [-0.2, 0) is 14.3 Å². The van der Waals surface area contributed by atoms with Crippen LogP contribution in [0.5, 0.6) is 0 Å². The van der Waals surface area contributed by atoms with Gasteiger partial charge < -0.3 is 19.4 Å². The highest BCUT2D eigenvalue weighted by Crippen LogP contribution is 2.32. The molecule has 0 spiro atoms. The van der Waals surface area contributed by atoms with E-state index in [1.54, 1.807) is 23.1 Å². The molecule has 9 heteroatoms. The molecule has 0 unspecified atom stereocenters. The second-order valence-electron chi connectivity index (χ2n) is 8.43. The Morgan fingerprint density at radius 1 is 0.914 bits per heavy atom. The number of furan rings is 1. The molecule has 1 N–H and O–H groups in total. The molecule has 1 aromatic heterocycles. The summed E-state index contributed by atoms with van der Waals surface area (Å²) in [6.45, 7) is 2.33. The van der Waals surface area contributed by atoms with E-state index in [1.165, 1.54) is 5.01 Å². The number of carbonyl (C=O) groups excluding carboxylic acids is 3. The van der Waals surface area contributed by atoms with Crippen molar-refractivity contribution in [2.75, 3.05) is 38.2 Å². The van der Waals surface area contributed by atoms with Crippen LogP contribution in [-0.4, -0.2) is 66.2 Å². The first-order valence-electron chi connectivity index (χ1n) is 11.7. The minimum Gasteiger partial charge on any atom is -0.449 e. The number of para-hydroxylation sites is 1. The van der Waals surface area contributed by atoms with Gasteiger partial charge in [-0.25, -0.2) is 5.01 Å². The fourth-order valence-electron chi connectivity index (χ4n) is 4.25. The van der Waals surface area contributed by atoms with Crippen LogP contribution in [0, 0.1) is 0 Å². The van der Waals surface area contributed by atoms with Crippen molar-refractivity contribution >= 4 is 40.1 Å². The highest BCUT2D eigenvalue weighted by Gasteiger charge is 2.28. The minimum atomic E-state index is -0.368. The molecule has 1 fully saturated rings. The number of morpholine rings is 1. The standard InChI is InChI=1S/C26H26N4O5/c31-22(10-11-23(32)30-13-12-20(28-30)18-6-2-1-3-7-18)27-24-19-8-4-5-9-21(19)35-25(24)26(33)29-14-16-34-17-15-29/h1-9H,10-17H2,(H,27,31). The number of nitrogens with zero attached hydrogens (tertiary/aromatic N) is 3. The van der Waals surface area contributed by atoms with Crippen LogP contribution in [0.25, 0.3) is 11.0 Å². The number of amides is 3. The van der Waals surface area contributed by atoms with E-state index in [1.807, 2.05) is 36.4 Å². The zero-order chi connectivity index (χ0) is 24.2. The molecule has 9 nitrogen and oxygen atoms in total. The van der Waals surface area contributed by atoms with Crippen LogP contribution in [0.2, 0.25) is 0 Å². The average Bonchev–Trinajstić information content (AvgIpc) is 3.54. The van der Waals surface area contributed by atoms with E-state index < -0.39 is 0 Å². The van der Waals surface area contributed by atoms with Gasteiger partial charge in [0, 0.05) is 37.7 Å². The van der Waals surface area contributed by atoms with Crippen molar-refractivity contribution in [2.45, 2.75) is 19.3 Å². The topological polar surface area (TPSA) is 104 Å². The molecule has 2 aromatic carbocycles. The van der Waals surface area contributed by atoms with E-state index in [4.69, 9.17) is 9.15 Å². The molecule has 5 rings (SSSR count). The summed E-state index contributed by atoms with van der Waals surface area (Å²) in [5.74, 6) is -0.791. The number of carbonyl (C=O) groups is 3. The largest absolute Gasteiger partial charge is 0.449 e. The molecule has 0 aliphatic carbocycles. The summed E-state index contributed by atoms with van der Waals surface area (Å²) in [4.78, 5) is 40.2. The van der Waals surface area contributed by atoms with Crippen molar-refractivity contribution in [2.24, 2.45) is 5.10 Å². The zero-order valence-corrected chi connectivity index (χ0v) is 19.2. The lowest BCUT2D eigenvalue weighted by Gasteiger charge is -2.26. The van der Waals surface area contributed by atoms with Crippen molar-refractivity contribution in [1.82, 2.24) is 9.91 Å². The van der Waals surface area contributed by atoms with E-state index in [0.717, 1.165) is 11.3 Å². The maximum Gasteiger partial charge on any atom is 0.291 e. The van der Waals surface area contributed by atoms with E-state index in [-0.39, 0.29) is 36.3 Å². The van der Waals surface area contributed by atoms with Crippen molar-refractivity contribution in [3.8, 4) is 0 Å². The van der Waals surface area contributed by atoms with Gasteiger partial charge >= 0.3 is 0 Å². The van der Waals surface area contributed by atoms with Gasteiger partial charge in [0.15, 0.2) is 0 Å². The molecule has 1 saturated heterocycles. The summed E-state index contributed by atoms with van der Waals surface area (Å²) in [6, 6.07) is 16.9. The first-order chi connectivity index (χ1) is 17.1. The van der Waals surface area contributed by atoms with Gasteiger partial charge in [0.05, 0.1) is 25.5 Å². The molecule has 0 saturated carbocycles. The number of anilines is 1. The van der Waals surface area contributed by atoms with Crippen molar-refractivity contribution in [1.29, 1.82) is 0 Å². The summed E-state index contributed by atoms with van der Waals surface area (Å²) in [5.41, 5.74) is 2.69. The first kappa shape index (κ1) is 22.8. The third-order valence-electron chi connectivity index (χ3n) is 6.12. The molecule has 3 aromatic rings. The number of benzene rings is 2. The molecular formula is C26H26N4O5. The van der Waals surface area contributed by atoms with Crippen LogP contribution in [0.1, 0.15) is 35.4 Å². The van der Waals surface area contributed by atoms with Gasteiger partial charge in [-0.2, -0.15) is 5.10 Å². The summed E-state index contributed by atoms with van der Waals surface area (Å²) in [5, 5.41) is 9.32. The maximum atomic E-state index is 13.1. The average molecular weight is 475 g/mol. The molecule has 3 amide bonds. The van der Waals surface area contributed by atoms with Crippen LogP contribution in [0.15, 0.2) is 64.1 Å². The number of hydrogen-bond acceptors (Lipinski definition) is 6. The fourth-order valence-corrected chi connectivity index (χ4v) is 4.25. The lowest BCUT2D eigenvalue weighted by Crippen LogP contribution is -2.40. The Labute approximate surface area is 202 Å². The van der Waals surface area contributed by atoms with Gasteiger partial charge in [0.2, 0.25) is 17.6 Å². The van der Waals surface area contributed by atoms with Crippen LogP contribution in [0.3, 0.4) is 0 Å². The van der Waals surface area contributed by atoms with Crippen molar-refractivity contribution in [3.05, 3.63) is 65.9 Å². The molecule has 3 heterocycles. The van der Waals surface area contributed by atoms with Gasteiger partial charge in [-0.05, 0) is 17.7 Å². The van der Waals surface area contributed by atoms with Crippen molar-refractivity contribution < 1.29 is 23.5 Å². The van der Waals surface area contributed by atoms with E-state index in [0.29, 0.717) is 55.9 Å². The SMILES string of the molecule is O=C(CCC(=O)N1CCC(c2ccccc2)=N1)Nc1c(C(=O)N2CCOCC2)oc2ccccc12. The molecule has 180 valence electrons. The van der Waals surface area contributed by atoms with Gasteiger partial charge in [0.1, 0.15) is 11.3 Å². The number of hydrazone groups is 1. The monoisotopic (exact) mass is 474 g/mol. The lowest BCUT2D eigenvalue weighted by atomic mass is 10.1. The summed E-state index contributed by atoms with van der Waals surface area (Å²) < 4.78 is 11.2. The zero-order valence-electron chi connectivity index (χ0n) is 19.2. The van der Waals surface area contributed by atoms with E-state index in [2.05, 4.69) is 10.4 Å². The smallest absolute Gasteiger partial charge is 0.291 e. The minimum absolute atomic E-state index is 0.0138. The second kappa shape index (κ2) is 10.1. The third-order valence-corrected chi connectivity index (χ3v) is 6.12. The molecule has 2 aliphatic heterocycles. The maximum absolute atomic E-state index is 13.1. The van der Waals surface area contributed by atoms with Gasteiger partial charge in [-0.3, -0.25) is 14.4 Å². The molecule has 0 bridgehead atoms. The molecule has 35 heavy (non-hydrogen) atoms. The summed E-state index contributed by atoms with van der Waals surface area (Å²) in [7, 11) is 0. The molecule has 0 radical (unpaired) electrons. The third kappa shape index (κ3) is 4.95. The van der Waals surface area contributed by atoms with Crippen LogP contribution >= 0.6 is 0 Å². The number of ether oxygens (including phenoxy) is 1. The first-order valence-corrected chi connectivity index (χ1v) is 11.7. The van der Waals surface area contributed by atoms with Crippen LogP contribution < -0.4 is 5.32 Å². The highest BCUT2D eigenvalue weighted by molar-refractivity contribution is 6.11. The fraction of sp³-hybridized carbons (Fsp3) is 0.308. The Morgan fingerprint density at radius 2 is 1.66 bits per heavy atom. The Hall–Kier alpha value is -3.98. The second-order valence-corrected chi connectivity index (χ2v) is 8.43. The lowest BCUT2D eigenvalue weighted by molar-refractivity contribution is -0.132. The van der Waals surface area contributed by atoms with E-state index >= 15 is 0 Å². The highest BCUT2D eigenvalue weighted by atomic mass is 16.5. The van der Waals surface area contributed by atoms with Crippen molar-refractivity contribution in [3.63, 3.8) is 0 Å². The predicted molar refractivity (Wildman–Crippen MR) is 130 cm³/mol. The Bertz CT molecular complexity index is 1280. The van der Waals surface area contributed by atoms with Crippen LogP contribution in [0.4, 0.5) is 5.69 Å². The molecular weight excluding hydrogens is 448 g/mol. The molecule has 0 atom stereocenters. The predicted octanol–water partition coefficient (Wildman–Crippen LogP) is 3.26.